The highest BCUT2D eigenvalue weighted by atomic mass is 16.4. The van der Waals surface area contributed by atoms with E-state index in [1.807, 2.05) is 6.07 Å². The number of aliphatic carboxylic acids is 1. The van der Waals surface area contributed by atoms with Crippen LogP contribution in [0, 0.1) is 0 Å². The van der Waals surface area contributed by atoms with E-state index in [2.05, 4.69) is 4.99 Å². The third-order valence-electron chi connectivity index (χ3n) is 3.61. The number of rotatable bonds is 8. The maximum absolute atomic E-state index is 11.9. The lowest BCUT2D eigenvalue weighted by Crippen LogP contribution is -2.20. The zero-order chi connectivity index (χ0) is 18.1. The summed E-state index contributed by atoms with van der Waals surface area (Å²) >= 11 is 0. The average molecular weight is 332 g/mol. The Kier molecular flexibility index (Phi) is 7.82. The first kappa shape index (κ1) is 19.5. The molecule has 0 fully saturated rings. The second kappa shape index (κ2) is 9.60. The normalized spacial score (nSPS) is 11.2. The molecule has 24 heavy (non-hydrogen) atoms. The zero-order valence-corrected chi connectivity index (χ0v) is 14.4. The van der Waals surface area contributed by atoms with Crippen LogP contribution in [0.25, 0.3) is 0 Å². The molecule has 0 spiro atoms. The van der Waals surface area contributed by atoms with E-state index in [0.29, 0.717) is 12.0 Å². The van der Waals surface area contributed by atoms with Gasteiger partial charge in [-0.3, -0.25) is 9.59 Å². The van der Waals surface area contributed by atoms with Crippen LogP contribution >= 0.6 is 0 Å². The lowest BCUT2D eigenvalue weighted by molar-refractivity contribution is -0.130. The van der Waals surface area contributed by atoms with Gasteiger partial charge in [0.2, 0.25) is 5.91 Å². The second-order valence-electron chi connectivity index (χ2n) is 5.86. The topological polar surface area (TPSA) is 87.0 Å². The molecule has 0 aromatic heterocycles. The van der Waals surface area contributed by atoms with E-state index in [9.17, 15) is 14.4 Å². The smallest absolute Gasteiger partial charge is 0.350 e. The number of hydrogen-bond acceptors (Lipinski definition) is 3. The van der Waals surface area contributed by atoms with Gasteiger partial charge >= 0.3 is 5.97 Å². The summed E-state index contributed by atoms with van der Waals surface area (Å²) in [5.41, 5.74) is 1.16. The van der Waals surface area contributed by atoms with Gasteiger partial charge in [0.1, 0.15) is 5.71 Å². The van der Waals surface area contributed by atoms with Crippen molar-refractivity contribution in [2.75, 3.05) is 14.1 Å². The van der Waals surface area contributed by atoms with Gasteiger partial charge in [0.15, 0.2) is 0 Å². The Morgan fingerprint density at radius 3 is 2.46 bits per heavy atom. The third kappa shape index (κ3) is 6.73. The molecule has 0 atom stereocenters. The summed E-state index contributed by atoms with van der Waals surface area (Å²) in [4.78, 5) is 39.3. The number of nitrogens with zero attached hydrogens (tertiary/aromatic N) is 2. The quantitative estimate of drug-likeness (QED) is 0.585. The number of carbonyl (C=O) groups excluding carboxylic acids is 2. The standard InChI is InChI=1S/C18H24N2O4/c1-13(18(23)24)19-17(22)15-10-7-9-14(12-15)8-5-4-6-11-16(21)20(2)3/h7,9-10,12H,4-6,8,11H2,1-3H3,(H,23,24)/b19-13+. The number of carboxylic acids is 1. The minimum absolute atomic E-state index is 0.134. The Morgan fingerprint density at radius 2 is 1.83 bits per heavy atom. The van der Waals surface area contributed by atoms with Gasteiger partial charge < -0.3 is 10.0 Å². The van der Waals surface area contributed by atoms with E-state index in [1.165, 1.54) is 6.92 Å². The molecule has 1 rings (SSSR count). The second-order valence-corrected chi connectivity index (χ2v) is 5.86. The number of carbonyl (C=O) groups is 3. The van der Waals surface area contributed by atoms with Gasteiger partial charge in [0, 0.05) is 26.1 Å². The van der Waals surface area contributed by atoms with Crippen LogP contribution in [0.3, 0.4) is 0 Å². The van der Waals surface area contributed by atoms with Crippen LogP contribution in [0.5, 0.6) is 0 Å². The Labute approximate surface area is 142 Å². The molecule has 2 amide bonds. The Hall–Kier alpha value is -2.50. The van der Waals surface area contributed by atoms with E-state index >= 15 is 0 Å². The number of unbranched alkanes of at least 4 members (excludes halogenated alkanes) is 2. The van der Waals surface area contributed by atoms with Crippen LogP contribution in [0.1, 0.15) is 48.5 Å². The molecule has 1 aromatic rings. The van der Waals surface area contributed by atoms with Gasteiger partial charge in [0.25, 0.3) is 5.91 Å². The molecule has 0 aliphatic heterocycles. The predicted molar refractivity (Wildman–Crippen MR) is 92.4 cm³/mol. The lowest BCUT2D eigenvalue weighted by atomic mass is 10.0. The summed E-state index contributed by atoms with van der Waals surface area (Å²) in [6, 6.07) is 7.06. The maximum Gasteiger partial charge on any atom is 0.350 e. The first-order valence-corrected chi connectivity index (χ1v) is 7.93. The summed E-state index contributed by atoms with van der Waals surface area (Å²) in [6.07, 6.45) is 4.06. The van der Waals surface area contributed by atoms with Crippen LogP contribution < -0.4 is 0 Å². The molecule has 0 heterocycles. The van der Waals surface area contributed by atoms with Gasteiger partial charge in [-0.25, -0.2) is 9.79 Å². The molecule has 0 unspecified atom stereocenters. The molecule has 1 aromatic carbocycles. The fourth-order valence-corrected chi connectivity index (χ4v) is 2.13. The summed E-state index contributed by atoms with van der Waals surface area (Å²) in [7, 11) is 3.50. The molecular weight excluding hydrogens is 308 g/mol. The maximum atomic E-state index is 11.9. The fourth-order valence-electron chi connectivity index (χ4n) is 2.13. The molecule has 1 N–H and O–H groups in total. The number of aryl methyl sites for hydroxylation is 1. The SMILES string of the molecule is C/C(=N\C(=O)c1cccc(CCCCCC(=O)N(C)C)c1)C(=O)O. The van der Waals surface area contributed by atoms with Crippen molar-refractivity contribution in [2.24, 2.45) is 4.99 Å². The van der Waals surface area contributed by atoms with Crippen molar-refractivity contribution in [2.45, 2.75) is 39.0 Å². The highest BCUT2D eigenvalue weighted by Gasteiger charge is 2.09. The van der Waals surface area contributed by atoms with Crippen molar-refractivity contribution < 1.29 is 19.5 Å². The van der Waals surface area contributed by atoms with Gasteiger partial charge in [0.05, 0.1) is 0 Å². The molecule has 0 bridgehead atoms. The van der Waals surface area contributed by atoms with Gasteiger partial charge in [-0.1, -0.05) is 18.6 Å². The molecule has 0 aliphatic carbocycles. The monoisotopic (exact) mass is 332 g/mol. The molecule has 0 saturated heterocycles. The molecule has 0 aliphatic rings. The molecule has 0 saturated carbocycles. The molecule has 6 heteroatoms. The van der Waals surface area contributed by atoms with Crippen LogP contribution in [0.4, 0.5) is 0 Å². The number of benzene rings is 1. The molecule has 6 nitrogen and oxygen atoms in total. The third-order valence-corrected chi connectivity index (χ3v) is 3.61. The lowest BCUT2D eigenvalue weighted by Gasteiger charge is -2.09. The molecule has 130 valence electrons. The van der Waals surface area contributed by atoms with Crippen LogP contribution in [0.2, 0.25) is 0 Å². The van der Waals surface area contributed by atoms with Crippen LogP contribution in [0.15, 0.2) is 29.3 Å². The number of carboxylic acid groups (broad SMARTS) is 1. The van der Waals surface area contributed by atoms with Crippen LogP contribution in [-0.4, -0.2) is 47.6 Å². The summed E-state index contributed by atoms with van der Waals surface area (Å²) in [5.74, 6) is -1.62. The largest absolute Gasteiger partial charge is 0.477 e. The number of aliphatic imine (C=N–C) groups is 1. The van der Waals surface area contributed by atoms with E-state index in [1.54, 1.807) is 37.2 Å². The van der Waals surface area contributed by atoms with E-state index in [4.69, 9.17) is 5.11 Å². The Balaban J connectivity index is 2.51. The van der Waals surface area contributed by atoms with Gasteiger partial charge in [-0.05, 0) is 43.9 Å². The first-order chi connectivity index (χ1) is 11.3. The summed E-state index contributed by atoms with van der Waals surface area (Å²) in [6.45, 7) is 1.29. The number of amides is 2. The van der Waals surface area contributed by atoms with Crippen molar-refractivity contribution >= 4 is 23.5 Å². The van der Waals surface area contributed by atoms with Crippen molar-refractivity contribution in [1.29, 1.82) is 0 Å². The van der Waals surface area contributed by atoms with Crippen LogP contribution in [-0.2, 0) is 16.0 Å². The molecule has 0 radical (unpaired) electrons. The van der Waals surface area contributed by atoms with E-state index < -0.39 is 11.9 Å². The minimum Gasteiger partial charge on any atom is -0.477 e. The average Bonchev–Trinajstić information content (AvgIpc) is 2.54. The Bertz CT molecular complexity index is 636. The van der Waals surface area contributed by atoms with Crippen molar-refractivity contribution in [3.63, 3.8) is 0 Å². The van der Waals surface area contributed by atoms with E-state index in [0.717, 1.165) is 31.2 Å². The summed E-state index contributed by atoms with van der Waals surface area (Å²) in [5, 5.41) is 8.76. The highest BCUT2D eigenvalue weighted by molar-refractivity contribution is 6.36. The summed E-state index contributed by atoms with van der Waals surface area (Å²) < 4.78 is 0. The van der Waals surface area contributed by atoms with Crippen molar-refractivity contribution in [3.8, 4) is 0 Å². The highest BCUT2D eigenvalue weighted by Crippen LogP contribution is 2.12. The van der Waals surface area contributed by atoms with Gasteiger partial charge in [-0.2, -0.15) is 0 Å². The van der Waals surface area contributed by atoms with Crippen molar-refractivity contribution in [1.82, 2.24) is 4.90 Å². The minimum atomic E-state index is -1.20. The van der Waals surface area contributed by atoms with Gasteiger partial charge in [-0.15, -0.1) is 0 Å². The van der Waals surface area contributed by atoms with Crippen molar-refractivity contribution in [3.05, 3.63) is 35.4 Å². The Morgan fingerprint density at radius 1 is 1.12 bits per heavy atom. The zero-order valence-electron chi connectivity index (χ0n) is 14.4. The number of hydrogen-bond donors (Lipinski definition) is 1. The molecular formula is C18H24N2O4. The fraction of sp³-hybridized carbons (Fsp3) is 0.444. The van der Waals surface area contributed by atoms with E-state index in [-0.39, 0.29) is 11.6 Å². The first-order valence-electron chi connectivity index (χ1n) is 7.93. The predicted octanol–water partition coefficient (Wildman–Crippen LogP) is 2.56.